The van der Waals surface area contributed by atoms with Crippen molar-refractivity contribution in [1.29, 1.82) is 0 Å². The molecule has 0 fully saturated rings. The van der Waals surface area contributed by atoms with Gasteiger partial charge in [-0.25, -0.2) is 0 Å². The molecular formula is C14H14O2. The Hall–Kier alpha value is -1.96. The number of aromatic hydroxyl groups is 2. The van der Waals surface area contributed by atoms with E-state index < -0.39 is 0 Å². The average Bonchev–Trinajstić information content (AvgIpc) is 2.24. The fraction of sp³-hybridized carbons (Fsp3) is 0.143. The van der Waals surface area contributed by atoms with E-state index in [2.05, 4.69) is 0 Å². The predicted molar refractivity (Wildman–Crippen MR) is 64.7 cm³/mol. The van der Waals surface area contributed by atoms with Crippen LogP contribution in [0, 0.1) is 13.8 Å². The van der Waals surface area contributed by atoms with E-state index in [-0.39, 0.29) is 11.5 Å². The Morgan fingerprint density at radius 3 is 2.25 bits per heavy atom. The van der Waals surface area contributed by atoms with Gasteiger partial charge in [0.25, 0.3) is 0 Å². The predicted octanol–water partition coefficient (Wildman–Crippen LogP) is 3.38. The van der Waals surface area contributed by atoms with Crippen LogP contribution in [0.25, 0.3) is 11.1 Å². The molecule has 0 aromatic heterocycles. The molecule has 0 heterocycles. The van der Waals surface area contributed by atoms with Crippen LogP contribution in [0.1, 0.15) is 11.1 Å². The quantitative estimate of drug-likeness (QED) is 0.714. The van der Waals surface area contributed by atoms with Crippen LogP contribution in [-0.4, -0.2) is 10.2 Å². The molecule has 0 unspecified atom stereocenters. The van der Waals surface area contributed by atoms with Gasteiger partial charge >= 0.3 is 0 Å². The highest BCUT2D eigenvalue weighted by Crippen LogP contribution is 2.36. The smallest absolute Gasteiger partial charge is 0.123 e. The summed E-state index contributed by atoms with van der Waals surface area (Å²) < 4.78 is 0. The van der Waals surface area contributed by atoms with Crippen LogP contribution in [0.3, 0.4) is 0 Å². The van der Waals surface area contributed by atoms with Crippen molar-refractivity contribution in [3.05, 3.63) is 47.5 Å². The third-order valence-corrected chi connectivity index (χ3v) is 2.72. The number of hydrogen-bond acceptors (Lipinski definition) is 2. The van der Waals surface area contributed by atoms with Gasteiger partial charge in [0.1, 0.15) is 11.5 Å². The molecule has 0 aliphatic rings. The second-order valence-electron chi connectivity index (χ2n) is 3.97. The highest BCUT2D eigenvalue weighted by molar-refractivity contribution is 5.76. The Morgan fingerprint density at radius 2 is 1.56 bits per heavy atom. The summed E-state index contributed by atoms with van der Waals surface area (Å²) in [6.07, 6.45) is 0. The number of phenolic OH excluding ortho intramolecular Hbond substituents is 2. The molecule has 82 valence electrons. The molecular weight excluding hydrogens is 200 g/mol. The summed E-state index contributed by atoms with van der Waals surface area (Å²) in [7, 11) is 0. The van der Waals surface area contributed by atoms with Crippen molar-refractivity contribution in [1.82, 2.24) is 0 Å². The number of aryl methyl sites for hydroxylation is 1. The molecule has 0 radical (unpaired) electrons. The molecule has 2 rings (SSSR count). The van der Waals surface area contributed by atoms with E-state index in [4.69, 9.17) is 0 Å². The van der Waals surface area contributed by atoms with E-state index in [9.17, 15) is 10.2 Å². The minimum Gasteiger partial charge on any atom is -0.508 e. The van der Waals surface area contributed by atoms with Crippen molar-refractivity contribution >= 4 is 0 Å². The first-order chi connectivity index (χ1) is 7.59. The molecule has 2 aromatic rings. The molecule has 0 saturated heterocycles. The number of benzene rings is 2. The van der Waals surface area contributed by atoms with Gasteiger partial charge in [-0.15, -0.1) is 0 Å². The Labute approximate surface area is 94.8 Å². The van der Waals surface area contributed by atoms with Crippen LogP contribution in [0.15, 0.2) is 36.4 Å². The first-order valence-electron chi connectivity index (χ1n) is 5.18. The number of rotatable bonds is 1. The minimum absolute atomic E-state index is 0.195. The van der Waals surface area contributed by atoms with Crippen LogP contribution in [-0.2, 0) is 0 Å². The maximum absolute atomic E-state index is 9.85. The Bertz CT molecular complexity index is 530. The van der Waals surface area contributed by atoms with Gasteiger partial charge in [0.05, 0.1) is 0 Å². The first-order valence-corrected chi connectivity index (χ1v) is 5.18. The van der Waals surface area contributed by atoms with E-state index in [1.165, 1.54) is 12.1 Å². The number of hydrogen-bond donors (Lipinski definition) is 2. The molecule has 0 aliphatic heterocycles. The van der Waals surface area contributed by atoms with Gasteiger partial charge in [0, 0.05) is 11.1 Å². The summed E-state index contributed by atoms with van der Waals surface area (Å²) >= 11 is 0. The fourth-order valence-electron chi connectivity index (χ4n) is 1.85. The van der Waals surface area contributed by atoms with Gasteiger partial charge in [0.15, 0.2) is 0 Å². The summed E-state index contributed by atoms with van der Waals surface area (Å²) in [5, 5.41) is 19.5. The van der Waals surface area contributed by atoms with Crippen LogP contribution in [0.2, 0.25) is 0 Å². The lowest BCUT2D eigenvalue weighted by Gasteiger charge is -2.10. The Balaban J connectivity index is 2.68. The van der Waals surface area contributed by atoms with Crippen molar-refractivity contribution in [2.45, 2.75) is 13.8 Å². The summed E-state index contributed by atoms with van der Waals surface area (Å²) in [5.74, 6) is 0.398. The molecule has 0 saturated carbocycles. The molecule has 2 aromatic carbocycles. The zero-order chi connectivity index (χ0) is 11.7. The van der Waals surface area contributed by atoms with Gasteiger partial charge in [-0.3, -0.25) is 0 Å². The normalized spacial score (nSPS) is 10.4. The van der Waals surface area contributed by atoms with Gasteiger partial charge in [-0.2, -0.15) is 0 Å². The van der Waals surface area contributed by atoms with Crippen LogP contribution < -0.4 is 0 Å². The zero-order valence-electron chi connectivity index (χ0n) is 9.36. The van der Waals surface area contributed by atoms with Gasteiger partial charge in [-0.1, -0.05) is 29.8 Å². The molecule has 2 nitrogen and oxygen atoms in total. The average molecular weight is 214 g/mol. The third-order valence-electron chi connectivity index (χ3n) is 2.72. The zero-order valence-corrected chi connectivity index (χ0v) is 9.36. The van der Waals surface area contributed by atoms with Crippen LogP contribution in [0.4, 0.5) is 0 Å². The van der Waals surface area contributed by atoms with Gasteiger partial charge in [0.2, 0.25) is 0 Å². The Kier molecular flexibility index (Phi) is 2.57. The third kappa shape index (κ3) is 1.74. The van der Waals surface area contributed by atoms with E-state index in [1.54, 1.807) is 6.92 Å². The van der Waals surface area contributed by atoms with Crippen molar-refractivity contribution < 1.29 is 10.2 Å². The van der Waals surface area contributed by atoms with E-state index in [0.29, 0.717) is 11.1 Å². The van der Waals surface area contributed by atoms with Crippen molar-refractivity contribution in [3.8, 4) is 22.6 Å². The van der Waals surface area contributed by atoms with Crippen molar-refractivity contribution in [2.24, 2.45) is 0 Å². The maximum atomic E-state index is 9.85. The van der Waals surface area contributed by atoms with Gasteiger partial charge in [-0.05, 0) is 31.5 Å². The van der Waals surface area contributed by atoms with Crippen LogP contribution in [0.5, 0.6) is 11.5 Å². The second-order valence-corrected chi connectivity index (χ2v) is 3.97. The molecule has 16 heavy (non-hydrogen) atoms. The van der Waals surface area contributed by atoms with E-state index >= 15 is 0 Å². The molecule has 2 heteroatoms. The molecule has 0 amide bonds. The summed E-state index contributed by atoms with van der Waals surface area (Å²) in [4.78, 5) is 0. The van der Waals surface area contributed by atoms with Crippen molar-refractivity contribution in [3.63, 3.8) is 0 Å². The SMILES string of the molecule is Cc1cccc(-c2c(O)ccc(O)c2C)c1. The lowest BCUT2D eigenvalue weighted by atomic mass is 9.97. The second kappa shape index (κ2) is 3.89. The highest BCUT2D eigenvalue weighted by Gasteiger charge is 2.10. The van der Waals surface area contributed by atoms with E-state index in [1.807, 2.05) is 31.2 Å². The standard InChI is InChI=1S/C14H14O2/c1-9-4-3-5-11(8-9)14-10(2)12(15)6-7-13(14)16/h3-8,15-16H,1-2H3. The number of phenols is 2. The molecule has 0 spiro atoms. The molecule has 2 N–H and O–H groups in total. The Morgan fingerprint density at radius 1 is 0.875 bits per heavy atom. The summed E-state index contributed by atoms with van der Waals surface area (Å²) in [6, 6.07) is 10.9. The molecule has 0 atom stereocenters. The maximum Gasteiger partial charge on any atom is 0.123 e. The monoisotopic (exact) mass is 214 g/mol. The summed E-state index contributed by atoms with van der Waals surface area (Å²) in [5.41, 5.74) is 3.44. The van der Waals surface area contributed by atoms with E-state index in [0.717, 1.165) is 11.1 Å². The largest absolute Gasteiger partial charge is 0.508 e. The molecule has 0 bridgehead atoms. The minimum atomic E-state index is 0.195. The van der Waals surface area contributed by atoms with Crippen LogP contribution >= 0.6 is 0 Å². The van der Waals surface area contributed by atoms with Gasteiger partial charge < -0.3 is 10.2 Å². The highest BCUT2D eigenvalue weighted by atomic mass is 16.3. The topological polar surface area (TPSA) is 40.5 Å². The summed E-state index contributed by atoms with van der Waals surface area (Å²) in [6.45, 7) is 3.80. The lowest BCUT2D eigenvalue weighted by molar-refractivity contribution is 0.458. The van der Waals surface area contributed by atoms with Crippen molar-refractivity contribution in [2.75, 3.05) is 0 Å². The first kappa shape index (κ1) is 10.6. The fourth-order valence-corrected chi connectivity index (χ4v) is 1.85. The molecule has 0 aliphatic carbocycles. The lowest BCUT2D eigenvalue weighted by Crippen LogP contribution is -1.86.